The van der Waals surface area contributed by atoms with E-state index in [4.69, 9.17) is 0 Å². The lowest BCUT2D eigenvalue weighted by molar-refractivity contribution is -0.115. The molecule has 0 bridgehead atoms. The Hall–Kier alpha value is -1.51. The fourth-order valence-electron chi connectivity index (χ4n) is 1.96. The van der Waals surface area contributed by atoms with Crippen LogP contribution in [0.2, 0.25) is 0 Å². The molecular formula is C16H26N2O. The number of rotatable bonds is 8. The van der Waals surface area contributed by atoms with Crippen molar-refractivity contribution in [2.45, 2.75) is 58.9 Å². The summed E-state index contributed by atoms with van der Waals surface area (Å²) in [6.45, 7) is 6.28. The summed E-state index contributed by atoms with van der Waals surface area (Å²) in [5.41, 5.74) is 1.97. The van der Waals surface area contributed by atoms with Gasteiger partial charge in [0.2, 0.25) is 5.91 Å². The number of anilines is 2. The van der Waals surface area contributed by atoms with E-state index in [1.807, 2.05) is 31.2 Å². The SMILES string of the molecule is CCCCCC(C)Nc1ccc(NC(=O)CC)cc1. The number of unbranched alkanes of at least 4 members (excludes halogenated alkanes) is 2. The van der Waals surface area contributed by atoms with Crippen molar-refractivity contribution in [3.05, 3.63) is 24.3 Å². The molecule has 3 nitrogen and oxygen atoms in total. The summed E-state index contributed by atoms with van der Waals surface area (Å²) in [4.78, 5) is 11.3. The summed E-state index contributed by atoms with van der Waals surface area (Å²) < 4.78 is 0. The number of carbonyl (C=O) groups excluding carboxylic acids is 1. The van der Waals surface area contributed by atoms with Gasteiger partial charge >= 0.3 is 0 Å². The molecule has 0 fully saturated rings. The zero-order valence-corrected chi connectivity index (χ0v) is 12.3. The maximum absolute atomic E-state index is 11.3. The first-order chi connectivity index (χ1) is 9.15. The van der Waals surface area contributed by atoms with E-state index in [0.29, 0.717) is 12.5 Å². The highest BCUT2D eigenvalue weighted by Crippen LogP contribution is 2.16. The van der Waals surface area contributed by atoms with Crippen molar-refractivity contribution in [1.82, 2.24) is 0 Å². The molecule has 0 spiro atoms. The van der Waals surface area contributed by atoms with Crippen LogP contribution in [0, 0.1) is 0 Å². The summed E-state index contributed by atoms with van der Waals surface area (Å²) in [6, 6.07) is 8.40. The lowest BCUT2D eigenvalue weighted by Gasteiger charge is -2.15. The minimum atomic E-state index is 0.0497. The van der Waals surface area contributed by atoms with Crippen LogP contribution in [0.5, 0.6) is 0 Å². The van der Waals surface area contributed by atoms with Gasteiger partial charge in [-0.05, 0) is 37.6 Å². The van der Waals surface area contributed by atoms with Crippen LogP contribution in [0.1, 0.15) is 52.9 Å². The average Bonchev–Trinajstić information content (AvgIpc) is 2.41. The zero-order valence-electron chi connectivity index (χ0n) is 12.3. The van der Waals surface area contributed by atoms with Crippen molar-refractivity contribution < 1.29 is 4.79 Å². The van der Waals surface area contributed by atoms with E-state index >= 15 is 0 Å². The van der Waals surface area contributed by atoms with Gasteiger partial charge in [0.05, 0.1) is 0 Å². The predicted octanol–water partition coefficient (Wildman–Crippen LogP) is 4.42. The van der Waals surface area contributed by atoms with Crippen molar-refractivity contribution in [2.24, 2.45) is 0 Å². The van der Waals surface area contributed by atoms with Crippen molar-refractivity contribution in [1.29, 1.82) is 0 Å². The Balaban J connectivity index is 2.41. The third-order valence-corrected chi connectivity index (χ3v) is 3.14. The first-order valence-electron chi connectivity index (χ1n) is 7.32. The second-order valence-corrected chi connectivity index (χ2v) is 5.02. The summed E-state index contributed by atoms with van der Waals surface area (Å²) in [7, 11) is 0. The van der Waals surface area contributed by atoms with Crippen LogP contribution < -0.4 is 10.6 Å². The van der Waals surface area contributed by atoms with Crippen LogP contribution in [-0.2, 0) is 4.79 Å². The minimum absolute atomic E-state index is 0.0497. The Bertz CT molecular complexity index is 373. The number of nitrogens with one attached hydrogen (secondary N) is 2. The standard InChI is InChI=1S/C16H26N2O/c1-4-6-7-8-13(3)17-14-9-11-15(12-10-14)18-16(19)5-2/h9-13,17H,4-8H2,1-3H3,(H,18,19). The summed E-state index contributed by atoms with van der Waals surface area (Å²) in [5, 5.41) is 6.33. The van der Waals surface area contributed by atoms with Crippen molar-refractivity contribution >= 4 is 17.3 Å². The van der Waals surface area contributed by atoms with E-state index in [1.165, 1.54) is 25.7 Å². The molecule has 0 saturated heterocycles. The van der Waals surface area contributed by atoms with Gasteiger partial charge < -0.3 is 10.6 Å². The second kappa shape index (κ2) is 8.57. The van der Waals surface area contributed by atoms with Crippen molar-refractivity contribution in [3.8, 4) is 0 Å². The largest absolute Gasteiger partial charge is 0.383 e. The molecule has 1 aromatic carbocycles. The number of benzene rings is 1. The van der Waals surface area contributed by atoms with Gasteiger partial charge in [-0.3, -0.25) is 4.79 Å². The molecule has 1 atom stereocenters. The molecule has 2 N–H and O–H groups in total. The van der Waals surface area contributed by atoms with Gasteiger partial charge in [-0.1, -0.05) is 33.1 Å². The quantitative estimate of drug-likeness (QED) is 0.681. The minimum Gasteiger partial charge on any atom is -0.383 e. The highest BCUT2D eigenvalue weighted by atomic mass is 16.1. The van der Waals surface area contributed by atoms with E-state index < -0.39 is 0 Å². The number of hydrogen-bond acceptors (Lipinski definition) is 2. The van der Waals surface area contributed by atoms with Crippen molar-refractivity contribution in [3.63, 3.8) is 0 Å². The summed E-state index contributed by atoms with van der Waals surface area (Å²) in [5.74, 6) is 0.0497. The maximum Gasteiger partial charge on any atom is 0.224 e. The predicted molar refractivity (Wildman–Crippen MR) is 82.6 cm³/mol. The van der Waals surface area contributed by atoms with Gasteiger partial charge in [-0.15, -0.1) is 0 Å². The molecule has 1 aromatic rings. The third kappa shape index (κ3) is 6.27. The molecule has 3 heteroatoms. The van der Waals surface area contributed by atoms with Gasteiger partial charge in [0.1, 0.15) is 0 Å². The van der Waals surface area contributed by atoms with E-state index in [2.05, 4.69) is 24.5 Å². The highest BCUT2D eigenvalue weighted by Gasteiger charge is 2.02. The summed E-state index contributed by atoms with van der Waals surface area (Å²) >= 11 is 0. The molecule has 0 aliphatic heterocycles. The van der Waals surface area contributed by atoms with E-state index in [-0.39, 0.29) is 5.91 Å². The van der Waals surface area contributed by atoms with Crippen LogP contribution in [0.4, 0.5) is 11.4 Å². The number of amides is 1. The molecule has 0 aromatic heterocycles. The Morgan fingerprint density at radius 2 is 1.74 bits per heavy atom. The Morgan fingerprint density at radius 3 is 2.32 bits per heavy atom. The monoisotopic (exact) mass is 262 g/mol. The van der Waals surface area contributed by atoms with Crippen molar-refractivity contribution in [2.75, 3.05) is 10.6 Å². The van der Waals surface area contributed by atoms with Crippen LogP contribution in [0.25, 0.3) is 0 Å². The first-order valence-corrected chi connectivity index (χ1v) is 7.32. The molecule has 0 aliphatic rings. The highest BCUT2D eigenvalue weighted by molar-refractivity contribution is 5.90. The normalized spacial score (nSPS) is 11.9. The fourth-order valence-corrected chi connectivity index (χ4v) is 1.96. The molecule has 1 rings (SSSR count). The molecule has 0 aliphatic carbocycles. The zero-order chi connectivity index (χ0) is 14.1. The lowest BCUT2D eigenvalue weighted by atomic mass is 10.1. The van der Waals surface area contributed by atoms with Gasteiger partial charge in [-0.25, -0.2) is 0 Å². The van der Waals surface area contributed by atoms with Crippen LogP contribution in [0.3, 0.4) is 0 Å². The number of hydrogen-bond donors (Lipinski definition) is 2. The third-order valence-electron chi connectivity index (χ3n) is 3.14. The van der Waals surface area contributed by atoms with Gasteiger partial charge in [0, 0.05) is 23.8 Å². The average molecular weight is 262 g/mol. The van der Waals surface area contributed by atoms with Gasteiger partial charge in [0.15, 0.2) is 0 Å². The Labute approximate surface area is 116 Å². The topological polar surface area (TPSA) is 41.1 Å². The number of carbonyl (C=O) groups is 1. The molecule has 19 heavy (non-hydrogen) atoms. The fraction of sp³-hybridized carbons (Fsp3) is 0.562. The molecule has 0 heterocycles. The Morgan fingerprint density at radius 1 is 1.11 bits per heavy atom. The second-order valence-electron chi connectivity index (χ2n) is 5.02. The molecule has 0 radical (unpaired) electrons. The van der Waals surface area contributed by atoms with E-state index in [0.717, 1.165) is 11.4 Å². The summed E-state index contributed by atoms with van der Waals surface area (Å²) in [6.07, 6.45) is 5.54. The molecule has 1 unspecified atom stereocenters. The lowest BCUT2D eigenvalue weighted by Crippen LogP contribution is -2.15. The first kappa shape index (κ1) is 15.5. The smallest absolute Gasteiger partial charge is 0.224 e. The Kier molecular flexibility index (Phi) is 7.01. The van der Waals surface area contributed by atoms with Gasteiger partial charge in [0.25, 0.3) is 0 Å². The molecule has 106 valence electrons. The molecule has 0 saturated carbocycles. The van der Waals surface area contributed by atoms with Crippen LogP contribution in [-0.4, -0.2) is 11.9 Å². The molecule has 1 amide bonds. The van der Waals surface area contributed by atoms with E-state index in [9.17, 15) is 4.79 Å². The van der Waals surface area contributed by atoms with E-state index in [1.54, 1.807) is 0 Å². The maximum atomic E-state index is 11.3. The van der Waals surface area contributed by atoms with Crippen LogP contribution in [0.15, 0.2) is 24.3 Å². The van der Waals surface area contributed by atoms with Gasteiger partial charge in [-0.2, -0.15) is 0 Å². The molecular weight excluding hydrogens is 236 g/mol. The van der Waals surface area contributed by atoms with Crippen LogP contribution >= 0.6 is 0 Å².